The van der Waals surface area contributed by atoms with Crippen molar-refractivity contribution in [3.63, 3.8) is 0 Å². The van der Waals surface area contributed by atoms with Crippen molar-refractivity contribution in [1.29, 1.82) is 5.26 Å². The van der Waals surface area contributed by atoms with E-state index in [1.54, 1.807) is 0 Å². The van der Waals surface area contributed by atoms with E-state index in [4.69, 9.17) is 10.00 Å². The van der Waals surface area contributed by atoms with Gasteiger partial charge in [0.05, 0.1) is 12.7 Å². The Morgan fingerprint density at radius 2 is 2.50 bits per heavy atom. The van der Waals surface area contributed by atoms with Crippen LogP contribution in [0.4, 0.5) is 0 Å². The number of rotatable bonds is 4. The first-order chi connectivity index (χ1) is 7.67. The molecule has 0 aromatic carbocycles. The minimum absolute atomic E-state index is 0.0762. The van der Waals surface area contributed by atoms with Gasteiger partial charge in [-0.1, -0.05) is 25.2 Å². The number of allylic oxidation sites excluding steroid dienone is 1. The smallest absolute Gasteiger partial charge is 0.162 e. The second kappa shape index (κ2) is 6.24. The van der Waals surface area contributed by atoms with Crippen LogP contribution in [0.25, 0.3) is 0 Å². The van der Waals surface area contributed by atoms with Gasteiger partial charge in [0.1, 0.15) is 6.10 Å². The highest BCUT2D eigenvalue weighted by Crippen LogP contribution is 2.19. The maximum atomic E-state index is 11.7. The van der Waals surface area contributed by atoms with Crippen molar-refractivity contribution >= 4 is 5.78 Å². The van der Waals surface area contributed by atoms with Gasteiger partial charge in [-0.15, -0.1) is 0 Å². The Bertz CT molecular complexity index is 349. The lowest BCUT2D eigenvalue weighted by atomic mass is 9.98. The van der Waals surface area contributed by atoms with Crippen LogP contribution in [0.2, 0.25) is 0 Å². The first kappa shape index (κ1) is 12.7. The number of ketones is 1. The lowest BCUT2D eigenvalue weighted by molar-refractivity contribution is -0.115. The van der Waals surface area contributed by atoms with Crippen molar-refractivity contribution in [1.82, 2.24) is 0 Å². The van der Waals surface area contributed by atoms with Crippen LogP contribution in [0.5, 0.6) is 0 Å². The molecule has 3 heteroatoms. The van der Waals surface area contributed by atoms with Crippen molar-refractivity contribution in [2.45, 2.75) is 38.7 Å². The summed E-state index contributed by atoms with van der Waals surface area (Å²) in [6.45, 7) is 6.21. The maximum absolute atomic E-state index is 11.7. The van der Waals surface area contributed by atoms with E-state index in [1.807, 2.05) is 13.0 Å². The molecule has 0 saturated heterocycles. The monoisotopic (exact) mass is 219 g/mol. The number of Topliss-reactive ketones (excluding diaryl/α,β-unsaturated/α-hetero) is 1. The SMILES string of the molecule is C=C(CC)C(=O)CC1=CCCOC(C#N)C1. The average molecular weight is 219 g/mol. The topological polar surface area (TPSA) is 50.1 Å². The number of carbonyl (C=O) groups is 1. The number of carbonyl (C=O) groups excluding carboxylic acids is 1. The van der Waals surface area contributed by atoms with Crippen LogP contribution in [0.3, 0.4) is 0 Å². The van der Waals surface area contributed by atoms with Crippen molar-refractivity contribution in [3.8, 4) is 6.07 Å². The Balaban J connectivity index is 2.59. The minimum Gasteiger partial charge on any atom is -0.363 e. The van der Waals surface area contributed by atoms with Gasteiger partial charge in [0, 0.05) is 12.8 Å². The van der Waals surface area contributed by atoms with Crippen molar-refractivity contribution < 1.29 is 9.53 Å². The first-order valence-electron chi connectivity index (χ1n) is 5.57. The number of nitrogens with zero attached hydrogens (tertiary/aromatic N) is 1. The summed E-state index contributed by atoms with van der Waals surface area (Å²) < 4.78 is 5.30. The highest BCUT2D eigenvalue weighted by atomic mass is 16.5. The minimum atomic E-state index is -0.406. The van der Waals surface area contributed by atoms with Crippen LogP contribution < -0.4 is 0 Å². The second-order valence-corrected chi connectivity index (χ2v) is 3.90. The Morgan fingerprint density at radius 1 is 1.75 bits per heavy atom. The molecule has 0 spiro atoms. The normalized spacial score (nSPS) is 20.5. The second-order valence-electron chi connectivity index (χ2n) is 3.90. The molecule has 1 heterocycles. The first-order valence-corrected chi connectivity index (χ1v) is 5.57. The molecule has 0 saturated carbocycles. The lowest BCUT2D eigenvalue weighted by Crippen LogP contribution is -2.11. The molecule has 1 aliphatic rings. The van der Waals surface area contributed by atoms with Crippen LogP contribution in [-0.2, 0) is 9.53 Å². The Labute approximate surface area is 96.4 Å². The number of ether oxygens (including phenoxy) is 1. The predicted octanol–water partition coefficient (Wildman–Crippen LogP) is 2.54. The van der Waals surface area contributed by atoms with E-state index in [1.165, 1.54) is 0 Å². The third-order valence-corrected chi connectivity index (χ3v) is 2.67. The van der Waals surface area contributed by atoms with E-state index in [0.717, 1.165) is 12.0 Å². The molecule has 1 unspecified atom stereocenters. The molecule has 16 heavy (non-hydrogen) atoms. The standard InChI is InChI=1S/C13H17NO2/c1-3-10(2)13(15)8-11-5-4-6-16-12(7-11)9-14/h5,12H,2-4,6-8H2,1H3. The van der Waals surface area contributed by atoms with Gasteiger partial charge in [0.25, 0.3) is 0 Å². The van der Waals surface area contributed by atoms with E-state index in [-0.39, 0.29) is 5.78 Å². The fraction of sp³-hybridized carbons (Fsp3) is 0.538. The van der Waals surface area contributed by atoms with Gasteiger partial charge >= 0.3 is 0 Å². The molecule has 0 aromatic rings. The van der Waals surface area contributed by atoms with Crippen molar-refractivity contribution in [2.75, 3.05) is 6.61 Å². The molecular formula is C13H17NO2. The molecule has 0 aromatic heterocycles. The van der Waals surface area contributed by atoms with Crippen molar-refractivity contribution in [2.24, 2.45) is 0 Å². The molecule has 1 aliphatic heterocycles. The van der Waals surface area contributed by atoms with Crippen LogP contribution in [0, 0.1) is 11.3 Å². The van der Waals surface area contributed by atoms with E-state index >= 15 is 0 Å². The third kappa shape index (κ3) is 3.63. The molecule has 0 amide bonds. The van der Waals surface area contributed by atoms with Gasteiger partial charge in [0.2, 0.25) is 0 Å². The number of hydrogen-bond acceptors (Lipinski definition) is 3. The van der Waals surface area contributed by atoms with Gasteiger partial charge in [0.15, 0.2) is 5.78 Å². The van der Waals surface area contributed by atoms with Gasteiger partial charge < -0.3 is 4.74 Å². The zero-order valence-electron chi connectivity index (χ0n) is 9.66. The van der Waals surface area contributed by atoms with Gasteiger partial charge in [-0.25, -0.2) is 0 Å². The van der Waals surface area contributed by atoms with Crippen molar-refractivity contribution in [3.05, 3.63) is 23.8 Å². The van der Waals surface area contributed by atoms with Gasteiger partial charge in [-0.3, -0.25) is 4.79 Å². The largest absolute Gasteiger partial charge is 0.363 e. The molecule has 3 nitrogen and oxygen atoms in total. The van der Waals surface area contributed by atoms with E-state index in [2.05, 4.69) is 12.6 Å². The Kier molecular flexibility index (Phi) is 4.94. The quantitative estimate of drug-likeness (QED) is 0.539. The highest BCUT2D eigenvalue weighted by Gasteiger charge is 2.16. The third-order valence-electron chi connectivity index (χ3n) is 2.67. The fourth-order valence-electron chi connectivity index (χ4n) is 1.61. The molecule has 86 valence electrons. The van der Waals surface area contributed by atoms with Crippen LogP contribution in [0.1, 0.15) is 32.6 Å². The molecule has 1 rings (SSSR count). The summed E-state index contributed by atoms with van der Waals surface area (Å²) in [7, 11) is 0. The molecule has 0 aliphatic carbocycles. The highest BCUT2D eigenvalue weighted by molar-refractivity contribution is 5.96. The molecule has 0 radical (unpaired) electrons. The number of nitriles is 1. The van der Waals surface area contributed by atoms with Gasteiger partial charge in [-0.2, -0.15) is 5.26 Å². The molecule has 1 atom stereocenters. The number of hydrogen-bond donors (Lipinski definition) is 0. The maximum Gasteiger partial charge on any atom is 0.162 e. The summed E-state index contributed by atoms with van der Waals surface area (Å²) in [4.78, 5) is 11.7. The van der Waals surface area contributed by atoms with E-state index < -0.39 is 6.10 Å². The van der Waals surface area contributed by atoms with Gasteiger partial charge in [-0.05, 0) is 18.4 Å². The molecule has 0 fully saturated rings. The molecule has 0 bridgehead atoms. The zero-order valence-corrected chi connectivity index (χ0v) is 9.66. The van der Waals surface area contributed by atoms with E-state index in [0.29, 0.717) is 31.4 Å². The predicted molar refractivity (Wildman–Crippen MR) is 61.7 cm³/mol. The summed E-state index contributed by atoms with van der Waals surface area (Å²) in [5.74, 6) is 0.0762. The average Bonchev–Trinajstić information content (AvgIpc) is 2.53. The van der Waals surface area contributed by atoms with Crippen LogP contribution >= 0.6 is 0 Å². The van der Waals surface area contributed by atoms with Crippen LogP contribution in [-0.4, -0.2) is 18.5 Å². The summed E-state index contributed by atoms with van der Waals surface area (Å²) in [6.07, 6.45) is 3.99. The van der Waals surface area contributed by atoms with Crippen LogP contribution in [0.15, 0.2) is 23.8 Å². The van der Waals surface area contributed by atoms with E-state index in [9.17, 15) is 4.79 Å². The fourth-order valence-corrected chi connectivity index (χ4v) is 1.61. The zero-order chi connectivity index (χ0) is 12.0. The Morgan fingerprint density at radius 3 is 3.12 bits per heavy atom. The summed E-state index contributed by atoms with van der Waals surface area (Å²) in [5.41, 5.74) is 1.66. The summed E-state index contributed by atoms with van der Waals surface area (Å²) >= 11 is 0. The summed E-state index contributed by atoms with van der Waals surface area (Å²) in [5, 5.41) is 8.82. The molecule has 0 N–H and O–H groups in total. The Hall–Kier alpha value is -1.40. The summed E-state index contributed by atoms with van der Waals surface area (Å²) in [6, 6.07) is 2.09. The molecular weight excluding hydrogens is 202 g/mol. The lowest BCUT2D eigenvalue weighted by Gasteiger charge is -2.09.